The third kappa shape index (κ3) is 2.78. The lowest BCUT2D eigenvalue weighted by molar-refractivity contribution is 0.583. The second kappa shape index (κ2) is 5.45. The zero-order chi connectivity index (χ0) is 13.3. The number of halogens is 1. The largest absolute Gasteiger partial charge is 0.345 e. The van der Waals surface area contributed by atoms with Gasteiger partial charge in [-0.3, -0.25) is 0 Å². The van der Waals surface area contributed by atoms with E-state index in [1.165, 1.54) is 16.5 Å². The van der Waals surface area contributed by atoms with E-state index in [0.29, 0.717) is 12.1 Å². The summed E-state index contributed by atoms with van der Waals surface area (Å²) in [4.78, 5) is 0. The summed E-state index contributed by atoms with van der Waals surface area (Å²) >= 11 is 3.56. The minimum absolute atomic E-state index is 0.481. The summed E-state index contributed by atoms with van der Waals surface area (Å²) in [6, 6.07) is 7.52. The molecule has 0 amide bonds. The molecule has 0 aliphatic carbocycles. The van der Waals surface area contributed by atoms with Crippen LogP contribution in [0.2, 0.25) is 0 Å². The van der Waals surface area contributed by atoms with Gasteiger partial charge in [-0.15, -0.1) is 0 Å². The minimum atomic E-state index is 0.481. The number of benzene rings is 1. The Labute approximate surface area is 118 Å². The molecule has 0 bridgehead atoms. The van der Waals surface area contributed by atoms with Gasteiger partial charge in [-0.2, -0.15) is 0 Å². The van der Waals surface area contributed by atoms with E-state index in [-0.39, 0.29) is 0 Å². The Morgan fingerprint density at radius 3 is 2.56 bits per heavy atom. The maximum absolute atomic E-state index is 3.56. The average Bonchev–Trinajstić information content (AvgIpc) is 2.64. The molecule has 1 N–H and O–H groups in total. The van der Waals surface area contributed by atoms with Crippen LogP contribution in [0.3, 0.4) is 0 Å². The van der Waals surface area contributed by atoms with Gasteiger partial charge in [-0.05, 0) is 31.5 Å². The van der Waals surface area contributed by atoms with Crippen LogP contribution in [0.5, 0.6) is 0 Å². The van der Waals surface area contributed by atoms with Crippen molar-refractivity contribution in [3.63, 3.8) is 0 Å². The van der Waals surface area contributed by atoms with Crippen molar-refractivity contribution in [2.24, 2.45) is 0 Å². The maximum atomic E-state index is 3.56. The van der Waals surface area contributed by atoms with Crippen LogP contribution in [0.15, 0.2) is 28.9 Å². The summed E-state index contributed by atoms with van der Waals surface area (Å²) < 4.78 is 3.48. The molecular formula is C15H21BrN2. The Bertz CT molecular complexity index is 541. The fourth-order valence-electron chi connectivity index (χ4n) is 2.18. The van der Waals surface area contributed by atoms with Gasteiger partial charge < -0.3 is 9.88 Å². The minimum Gasteiger partial charge on any atom is -0.345 e. The Hall–Kier alpha value is -0.800. The van der Waals surface area contributed by atoms with E-state index in [2.05, 4.69) is 77.9 Å². The normalized spacial score (nSPS) is 11.9. The summed E-state index contributed by atoms with van der Waals surface area (Å²) in [7, 11) is 0. The lowest BCUT2D eigenvalue weighted by Crippen LogP contribution is -2.21. The molecule has 18 heavy (non-hydrogen) atoms. The fourth-order valence-corrected chi connectivity index (χ4v) is 2.53. The molecule has 1 aromatic heterocycles. The van der Waals surface area contributed by atoms with Crippen molar-refractivity contribution in [2.45, 2.75) is 46.3 Å². The quantitative estimate of drug-likeness (QED) is 0.881. The van der Waals surface area contributed by atoms with Crippen LogP contribution >= 0.6 is 15.9 Å². The zero-order valence-electron chi connectivity index (χ0n) is 11.5. The number of nitrogens with zero attached hydrogens (tertiary/aromatic N) is 1. The summed E-state index contributed by atoms with van der Waals surface area (Å²) in [6.45, 7) is 9.73. The molecule has 1 heterocycles. The maximum Gasteiger partial charge on any atom is 0.0497 e. The van der Waals surface area contributed by atoms with Crippen LogP contribution in [-0.2, 0) is 6.54 Å². The Morgan fingerprint density at radius 1 is 1.22 bits per heavy atom. The Balaban J connectivity index is 2.47. The van der Waals surface area contributed by atoms with E-state index >= 15 is 0 Å². The molecule has 2 aromatic rings. The number of hydrogen-bond donors (Lipinski definition) is 1. The summed E-state index contributed by atoms with van der Waals surface area (Å²) in [5.74, 6) is 0. The topological polar surface area (TPSA) is 17.0 Å². The van der Waals surface area contributed by atoms with Gasteiger partial charge in [0.15, 0.2) is 0 Å². The SMILES string of the molecule is CC(C)NCc1cn(C(C)C)c2cc(Br)ccc12. The lowest BCUT2D eigenvalue weighted by Gasteiger charge is -2.09. The van der Waals surface area contributed by atoms with Gasteiger partial charge in [-0.25, -0.2) is 0 Å². The van der Waals surface area contributed by atoms with E-state index in [0.717, 1.165) is 11.0 Å². The predicted molar refractivity (Wildman–Crippen MR) is 82.0 cm³/mol. The predicted octanol–water partition coefficient (Wildman–Crippen LogP) is 4.48. The molecule has 0 aliphatic rings. The highest BCUT2D eigenvalue weighted by Crippen LogP contribution is 2.27. The van der Waals surface area contributed by atoms with E-state index < -0.39 is 0 Å². The van der Waals surface area contributed by atoms with Crippen molar-refractivity contribution < 1.29 is 0 Å². The Morgan fingerprint density at radius 2 is 1.94 bits per heavy atom. The number of hydrogen-bond acceptors (Lipinski definition) is 1. The highest BCUT2D eigenvalue weighted by atomic mass is 79.9. The monoisotopic (exact) mass is 308 g/mol. The van der Waals surface area contributed by atoms with Gasteiger partial charge in [-0.1, -0.05) is 35.8 Å². The third-order valence-corrected chi connectivity index (χ3v) is 3.63. The molecule has 98 valence electrons. The van der Waals surface area contributed by atoms with Gasteiger partial charge in [0.25, 0.3) is 0 Å². The first-order chi connectivity index (χ1) is 8.49. The van der Waals surface area contributed by atoms with Crippen LogP contribution in [0.25, 0.3) is 10.9 Å². The first-order valence-electron chi connectivity index (χ1n) is 6.51. The van der Waals surface area contributed by atoms with Crippen LogP contribution in [0.4, 0.5) is 0 Å². The molecular weight excluding hydrogens is 288 g/mol. The van der Waals surface area contributed by atoms with Gasteiger partial charge >= 0.3 is 0 Å². The second-order valence-corrected chi connectivity index (χ2v) is 6.27. The van der Waals surface area contributed by atoms with Crippen molar-refractivity contribution in [3.8, 4) is 0 Å². The smallest absolute Gasteiger partial charge is 0.0497 e. The molecule has 0 aliphatic heterocycles. The fraction of sp³-hybridized carbons (Fsp3) is 0.467. The highest BCUT2D eigenvalue weighted by Gasteiger charge is 2.11. The summed E-state index contributed by atoms with van der Waals surface area (Å²) in [6.07, 6.45) is 2.27. The molecule has 0 saturated heterocycles. The molecule has 0 spiro atoms. The van der Waals surface area contributed by atoms with E-state index in [4.69, 9.17) is 0 Å². The number of rotatable bonds is 4. The lowest BCUT2D eigenvalue weighted by atomic mass is 10.1. The van der Waals surface area contributed by atoms with Gasteiger partial charge in [0.05, 0.1) is 0 Å². The van der Waals surface area contributed by atoms with E-state index in [9.17, 15) is 0 Å². The van der Waals surface area contributed by atoms with Gasteiger partial charge in [0.1, 0.15) is 0 Å². The van der Waals surface area contributed by atoms with Gasteiger partial charge in [0.2, 0.25) is 0 Å². The van der Waals surface area contributed by atoms with Crippen molar-refractivity contribution in [1.29, 1.82) is 0 Å². The zero-order valence-corrected chi connectivity index (χ0v) is 13.1. The van der Waals surface area contributed by atoms with Crippen molar-refractivity contribution >= 4 is 26.8 Å². The van der Waals surface area contributed by atoms with Gasteiger partial charge in [0, 0.05) is 40.2 Å². The van der Waals surface area contributed by atoms with Crippen molar-refractivity contribution in [3.05, 3.63) is 34.4 Å². The van der Waals surface area contributed by atoms with Crippen LogP contribution in [0.1, 0.15) is 39.3 Å². The molecule has 2 rings (SSSR count). The molecule has 2 nitrogen and oxygen atoms in total. The number of aromatic nitrogens is 1. The summed E-state index contributed by atoms with van der Waals surface area (Å²) in [5, 5.41) is 4.84. The van der Waals surface area contributed by atoms with E-state index in [1.807, 2.05) is 0 Å². The molecule has 0 saturated carbocycles. The average molecular weight is 309 g/mol. The first kappa shape index (κ1) is 13.6. The third-order valence-electron chi connectivity index (χ3n) is 3.14. The molecule has 1 aromatic carbocycles. The number of fused-ring (bicyclic) bond motifs is 1. The second-order valence-electron chi connectivity index (χ2n) is 5.35. The molecule has 0 fully saturated rings. The van der Waals surface area contributed by atoms with Crippen LogP contribution < -0.4 is 5.32 Å². The van der Waals surface area contributed by atoms with Crippen molar-refractivity contribution in [1.82, 2.24) is 9.88 Å². The molecule has 0 radical (unpaired) electrons. The first-order valence-corrected chi connectivity index (χ1v) is 7.30. The molecule has 0 unspecified atom stereocenters. The molecule has 3 heteroatoms. The molecule has 0 atom stereocenters. The van der Waals surface area contributed by atoms with Crippen LogP contribution in [0, 0.1) is 0 Å². The van der Waals surface area contributed by atoms with Crippen molar-refractivity contribution in [2.75, 3.05) is 0 Å². The number of nitrogens with one attached hydrogen (secondary N) is 1. The standard InChI is InChI=1S/C15H21BrN2/c1-10(2)17-8-12-9-18(11(3)4)15-7-13(16)5-6-14(12)15/h5-7,9-11,17H,8H2,1-4H3. The van der Waals surface area contributed by atoms with Crippen LogP contribution in [-0.4, -0.2) is 10.6 Å². The highest BCUT2D eigenvalue weighted by molar-refractivity contribution is 9.10. The summed E-state index contributed by atoms with van der Waals surface area (Å²) in [5.41, 5.74) is 2.68. The van der Waals surface area contributed by atoms with E-state index in [1.54, 1.807) is 0 Å². The Kier molecular flexibility index (Phi) is 4.13.